The van der Waals surface area contributed by atoms with Gasteiger partial charge in [0, 0.05) is 11.1 Å². The van der Waals surface area contributed by atoms with E-state index in [-0.39, 0.29) is 18.0 Å². The number of carbonyl (C=O) groups excluding carboxylic acids is 2. The van der Waals surface area contributed by atoms with E-state index in [1.165, 1.54) is 11.1 Å². The first-order valence-electron chi connectivity index (χ1n) is 9.34. The standard InChI is InChI=1S/C15H12O2.C10H14.ClH.Ru/c16-14(12-7-3-1-4-8-12)11-15(17)13-9-5-2-6-10-13;1-8(2)10-6-4-9(3)5-7-10;;/h1-10H,11H2;4-8H,1-3H3;1H;/q;;;+1/p-1. The Labute approximate surface area is 188 Å². The maximum absolute atomic E-state index is 11.8. The Bertz CT molecular complexity index is 811. The van der Waals surface area contributed by atoms with Crippen LogP contribution in [0.4, 0.5) is 0 Å². The van der Waals surface area contributed by atoms with E-state index in [9.17, 15) is 9.59 Å². The third kappa shape index (κ3) is 9.30. The molecule has 0 saturated carbocycles. The number of aryl methyl sites for hydroxylation is 1. The first-order valence-corrected chi connectivity index (χ1v) is 11.6. The van der Waals surface area contributed by atoms with Gasteiger partial charge >= 0.3 is 27.0 Å². The number of hydrogen-bond donors (Lipinski definition) is 0. The van der Waals surface area contributed by atoms with Gasteiger partial charge in [-0.3, -0.25) is 9.59 Å². The summed E-state index contributed by atoms with van der Waals surface area (Å²) in [4.78, 5) is 23.6. The van der Waals surface area contributed by atoms with Crippen LogP contribution in [0.1, 0.15) is 58.0 Å². The molecule has 0 heterocycles. The fraction of sp³-hybridized carbons (Fsp3) is 0.200. The van der Waals surface area contributed by atoms with Crippen LogP contribution in [0, 0.1) is 6.92 Å². The van der Waals surface area contributed by atoms with Crippen molar-refractivity contribution in [2.24, 2.45) is 0 Å². The van der Waals surface area contributed by atoms with Gasteiger partial charge in [0.15, 0.2) is 11.6 Å². The Kier molecular flexibility index (Phi) is 12.0. The topological polar surface area (TPSA) is 34.1 Å². The van der Waals surface area contributed by atoms with Crippen molar-refractivity contribution in [3.8, 4) is 0 Å². The van der Waals surface area contributed by atoms with Crippen LogP contribution < -0.4 is 0 Å². The third-order valence-corrected chi connectivity index (χ3v) is 4.26. The zero-order chi connectivity index (χ0) is 21.6. The number of ketones is 2. The Morgan fingerprint density at radius 2 is 1.10 bits per heavy atom. The summed E-state index contributed by atoms with van der Waals surface area (Å²) >= 11 is 1.82. The zero-order valence-electron chi connectivity index (χ0n) is 16.9. The van der Waals surface area contributed by atoms with Gasteiger partial charge in [0.1, 0.15) is 0 Å². The van der Waals surface area contributed by atoms with Crippen LogP contribution in [-0.2, 0) is 17.3 Å². The minimum absolute atomic E-state index is 0.0754. The summed E-state index contributed by atoms with van der Waals surface area (Å²) in [6.07, 6.45) is -0.0754. The van der Waals surface area contributed by atoms with Gasteiger partial charge in [0.2, 0.25) is 0 Å². The average molecular weight is 495 g/mol. The van der Waals surface area contributed by atoms with E-state index in [1.807, 2.05) is 29.4 Å². The quantitative estimate of drug-likeness (QED) is 0.218. The summed E-state index contributed by atoms with van der Waals surface area (Å²) in [5.74, 6) is 0.375. The van der Waals surface area contributed by atoms with Crippen LogP contribution >= 0.6 is 9.69 Å². The number of rotatable bonds is 5. The van der Waals surface area contributed by atoms with Crippen LogP contribution in [-0.4, -0.2) is 11.6 Å². The predicted molar refractivity (Wildman–Crippen MR) is 117 cm³/mol. The molecule has 0 aliphatic rings. The molecule has 0 fully saturated rings. The van der Waals surface area contributed by atoms with Gasteiger partial charge in [-0.1, -0.05) is 104 Å². The first-order chi connectivity index (χ1) is 14.0. The van der Waals surface area contributed by atoms with Gasteiger partial charge in [-0.05, 0) is 18.4 Å². The van der Waals surface area contributed by atoms with Gasteiger partial charge < -0.3 is 0 Å². The van der Waals surface area contributed by atoms with E-state index in [1.54, 1.807) is 48.5 Å². The molecule has 0 N–H and O–H groups in total. The van der Waals surface area contributed by atoms with Gasteiger partial charge in [-0.25, -0.2) is 0 Å². The molecule has 0 aliphatic heterocycles. The first kappa shape index (κ1) is 25.0. The number of benzene rings is 3. The molecule has 29 heavy (non-hydrogen) atoms. The summed E-state index contributed by atoms with van der Waals surface area (Å²) in [5.41, 5.74) is 3.92. The molecule has 3 rings (SSSR count). The molecule has 0 unspecified atom stereocenters. The maximum atomic E-state index is 11.8. The van der Waals surface area contributed by atoms with Gasteiger partial charge in [0.25, 0.3) is 0 Å². The molecular weight excluding hydrogens is 469 g/mol. The Balaban J connectivity index is 0.000000299. The fourth-order valence-corrected chi connectivity index (χ4v) is 2.55. The second-order valence-corrected chi connectivity index (χ2v) is 6.82. The number of Topliss-reactive ketones (excluding diaryl/α,β-unsaturated/α-hetero) is 2. The van der Waals surface area contributed by atoms with Crippen molar-refractivity contribution in [2.45, 2.75) is 33.1 Å². The van der Waals surface area contributed by atoms with Crippen LogP contribution in [0.5, 0.6) is 0 Å². The van der Waals surface area contributed by atoms with E-state index >= 15 is 0 Å². The van der Waals surface area contributed by atoms with E-state index in [0.29, 0.717) is 17.0 Å². The van der Waals surface area contributed by atoms with Gasteiger partial charge in [0.05, 0.1) is 6.42 Å². The van der Waals surface area contributed by atoms with E-state index in [2.05, 4.69) is 54.7 Å². The van der Waals surface area contributed by atoms with Crippen molar-refractivity contribution in [3.05, 3.63) is 107 Å². The summed E-state index contributed by atoms with van der Waals surface area (Å²) in [6.45, 7) is 6.54. The molecule has 0 saturated heterocycles. The molecule has 2 nitrogen and oxygen atoms in total. The van der Waals surface area contributed by atoms with Gasteiger partial charge in [-0.15, -0.1) is 0 Å². The molecule has 4 heteroatoms. The SMILES string of the molecule is Cc1ccc(C(C)C)cc1.O=C(CC(=O)c1ccccc1)c1ccccc1.[Cl][Ru]. The van der Waals surface area contributed by atoms with Crippen LogP contribution in [0.25, 0.3) is 0 Å². The Hall–Kier alpha value is -2.09. The molecule has 3 aromatic carbocycles. The number of hydrogen-bond acceptors (Lipinski definition) is 2. The normalized spacial score (nSPS) is 9.59. The van der Waals surface area contributed by atoms with Crippen molar-refractivity contribution >= 4 is 21.3 Å². The van der Waals surface area contributed by atoms with E-state index in [4.69, 9.17) is 0 Å². The number of halogens is 1. The third-order valence-electron chi connectivity index (χ3n) is 4.26. The zero-order valence-corrected chi connectivity index (χ0v) is 19.4. The van der Waals surface area contributed by atoms with E-state index in [0.717, 1.165) is 0 Å². The van der Waals surface area contributed by atoms with Crippen molar-refractivity contribution < 1.29 is 26.9 Å². The molecule has 0 radical (unpaired) electrons. The van der Waals surface area contributed by atoms with Crippen LogP contribution in [0.2, 0.25) is 0 Å². The number of carbonyl (C=O) groups is 2. The molecular formula is C25H26ClO2Ru. The van der Waals surface area contributed by atoms with E-state index < -0.39 is 0 Å². The molecule has 153 valence electrons. The van der Waals surface area contributed by atoms with Crippen molar-refractivity contribution in [1.82, 2.24) is 0 Å². The summed E-state index contributed by atoms with van der Waals surface area (Å²) in [7, 11) is 4.57. The molecule has 0 amide bonds. The monoisotopic (exact) mass is 495 g/mol. The molecule has 0 spiro atoms. The van der Waals surface area contributed by atoms with Crippen molar-refractivity contribution in [3.63, 3.8) is 0 Å². The average Bonchev–Trinajstić information content (AvgIpc) is 2.77. The Morgan fingerprint density at radius 1 is 0.724 bits per heavy atom. The minimum atomic E-state index is -0.139. The second kappa shape index (κ2) is 14.0. The molecule has 0 aliphatic carbocycles. The van der Waals surface area contributed by atoms with Gasteiger partial charge in [-0.2, -0.15) is 0 Å². The van der Waals surface area contributed by atoms with Crippen LogP contribution in [0.3, 0.4) is 0 Å². The fourth-order valence-electron chi connectivity index (χ4n) is 2.55. The summed E-state index contributed by atoms with van der Waals surface area (Å²) < 4.78 is 0. The predicted octanol–water partition coefficient (Wildman–Crippen LogP) is 6.95. The second-order valence-electron chi connectivity index (χ2n) is 6.82. The molecule has 3 aromatic rings. The molecule has 0 atom stereocenters. The van der Waals surface area contributed by atoms with Crippen molar-refractivity contribution in [1.29, 1.82) is 0 Å². The summed E-state index contributed by atoms with van der Waals surface area (Å²) in [5, 5.41) is 0. The van der Waals surface area contributed by atoms with Crippen LogP contribution in [0.15, 0.2) is 84.9 Å². The summed E-state index contributed by atoms with van der Waals surface area (Å²) in [6, 6.07) is 26.5. The Morgan fingerprint density at radius 3 is 1.45 bits per heavy atom. The molecule has 0 aromatic heterocycles. The van der Waals surface area contributed by atoms with Crippen molar-refractivity contribution in [2.75, 3.05) is 0 Å². The molecule has 0 bridgehead atoms.